The number of amides is 2. The van der Waals surface area contributed by atoms with Crippen molar-refractivity contribution >= 4 is 11.7 Å². The lowest BCUT2D eigenvalue weighted by atomic mass is 9.74. The molecule has 1 aliphatic rings. The van der Waals surface area contributed by atoms with Crippen molar-refractivity contribution in [3.8, 4) is 0 Å². The van der Waals surface area contributed by atoms with Crippen LogP contribution in [0.3, 0.4) is 0 Å². The number of pyridine rings is 3. The summed E-state index contributed by atoms with van der Waals surface area (Å²) in [6.45, 7) is 7.88. The lowest BCUT2D eigenvalue weighted by Crippen LogP contribution is -2.39. The first kappa shape index (κ1) is 34.0. The van der Waals surface area contributed by atoms with Gasteiger partial charge in [0.05, 0.1) is 18.3 Å². The molecule has 2 amide bonds. The summed E-state index contributed by atoms with van der Waals surface area (Å²) in [7, 11) is 0. The molecule has 5 aromatic rings. The maximum atomic E-state index is 13.0. The Hall–Kier alpha value is -4.92. The molecule has 4 unspecified atom stereocenters. The van der Waals surface area contributed by atoms with E-state index < -0.39 is 0 Å². The SMILES string of the molecule is CCN(C(=O)NCc1ccc(CNC2CCC(C(C)c3ccccn3)c3cc(C(C)c4ccccn4)cnc32)c(CO)c1)c1ccccc1. The molecule has 49 heavy (non-hydrogen) atoms. The molecule has 0 spiro atoms. The van der Waals surface area contributed by atoms with Gasteiger partial charge in [0.2, 0.25) is 0 Å². The van der Waals surface area contributed by atoms with E-state index in [1.165, 1.54) is 5.56 Å². The summed E-state index contributed by atoms with van der Waals surface area (Å²) < 4.78 is 0. The van der Waals surface area contributed by atoms with Gasteiger partial charge in [-0.15, -0.1) is 0 Å². The molecule has 8 nitrogen and oxygen atoms in total. The molecule has 3 aromatic heterocycles. The Morgan fingerprint density at radius 1 is 0.857 bits per heavy atom. The summed E-state index contributed by atoms with van der Waals surface area (Å²) in [6.07, 6.45) is 7.69. The summed E-state index contributed by atoms with van der Waals surface area (Å²) in [4.78, 5) is 29.1. The van der Waals surface area contributed by atoms with Gasteiger partial charge >= 0.3 is 6.03 Å². The second-order valence-electron chi connectivity index (χ2n) is 12.9. The predicted octanol–water partition coefficient (Wildman–Crippen LogP) is 7.76. The van der Waals surface area contributed by atoms with Gasteiger partial charge in [0.25, 0.3) is 0 Å². The molecule has 4 atom stereocenters. The van der Waals surface area contributed by atoms with Crippen molar-refractivity contribution in [1.82, 2.24) is 25.6 Å². The normalized spacial score (nSPS) is 16.7. The molecule has 0 aliphatic heterocycles. The molecule has 6 rings (SSSR count). The van der Waals surface area contributed by atoms with Crippen molar-refractivity contribution in [2.45, 2.75) is 77.1 Å². The number of aliphatic hydroxyl groups is 1. The molecule has 3 N–H and O–H groups in total. The number of anilines is 1. The van der Waals surface area contributed by atoms with Crippen LogP contribution in [0.5, 0.6) is 0 Å². The van der Waals surface area contributed by atoms with Crippen molar-refractivity contribution in [1.29, 1.82) is 0 Å². The van der Waals surface area contributed by atoms with Crippen LogP contribution in [-0.4, -0.2) is 32.6 Å². The number of para-hydroxylation sites is 1. The third kappa shape index (κ3) is 7.88. The van der Waals surface area contributed by atoms with E-state index in [1.54, 1.807) is 4.90 Å². The summed E-state index contributed by atoms with van der Waals surface area (Å²) >= 11 is 0. The summed E-state index contributed by atoms with van der Waals surface area (Å²) in [6, 6.07) is 30.2. The molecule has 1 aliphatic carbocycles. The van der Waals surface area contributed by atoms with E-state index in [0.717, 1.165) is 57.9 Å². The highest BCUT2D eigenvalue weighted by atomic mass is 16.3. The summed E-state index contributed by atoms with van der Waals surface area (Å²) in [5, 5.41) is 17.1. The van der Waals surface area contributed by atoms with Crippen LogP contribution in [-0.2, 0) is 19.7 Å². The number of hydrogen-bond acceptors (Lipinski definition) is 6. The number of aliphatic hydroxyl groups excluding tert-OH is 1. The fourth-order valence-electron chi connectivity index (χ4n) is 7.01. The highest BCUT2D eigenvalue weighted by molar-refractivity contribution is 5.91. The van der Waals surface area contributed by atoms with E-state index in [0.29, 0.717) is 25.6 Å². The standard InChI is InChI=1S/C41H46N6O2/c1-4-47(34-12-6-5-7-13-34)41(49)46-24-30-16-17-31(33(22-30)27-48)25-44-39-19-18-35(29(3)38-15-9-11-21-43-38)36-23-32(26-45-40(36)39)28(2)37-14-8-10-20-42-37/h5-17,20-23,26,28-29,35,39,44,48H,4,18-19,24-25,27H2,1-3H3,(H,46,49). The quantitative estimate of drug-likeness (QED) is 0.127. The number of rotatable bonds is 12. The number of fused-ring (bicyclic) bond motifs is 1. The van der Waals surface area contributed by atoms with Crippen molar-refractivity contribution < 1.29 is 9.90 Å². The molecular formula is C41H46N6O2. The Morgan fingerprint density at radius 3 is 2.29 bits per heavy atom. The van der Waals surface area contributed by atoms with Crippen LogP contribution in [0.4, 0.5) is 10.5 Å². The lowest BCUT2D eigenvalue weighted by Gasteiger charge is -2.35. The monoisotopic (exact) mass is 654 g/mol. The molecule has 0 bridgehead atoms. The number of benzene rings is 2. The molecule has 0 saturated heterocycles. The number of urea groups is 1. The molecule has 0 saturated carbocycles. The minimum Gasteiger partial charge on any atom is -0.392 e. The van der Waals surface area contributed by atoms with E-state index in [9.17, 15) is 9.90 Å². The molecular weight excluding hydrogens is 608 g/mol. The van der Waals surface area contributed by atoms with Gasteiger partial charge in [-0.05, 0) is 89.9 Å². The molecule has 8 heteroatoms. The van der Waals surface area contributed by atoms with Crippen molar-refractivity contribution in [2.75, 3.05) is 11.4 Å². The first-order chi connectivity index (χ1) is 24.0. The lowest BCUT2D eigenvalue weighted by molar-refractivity contribution is 0.246. The van der Waals surface area contributed by atoms with Gasteiger partial charge in [-0.1, -0.05) is 68.4 Å². The van der Waals surface area contributed by atoms with Crippen LogP contribution in [0, 0.1) is 0 Å². The highest BCUT2D eigenvalue weighted by Crippen LogP contribution is 2.45. The van der Waals surface area contributed by atoms with Gasteiger partial charge in [0, 0.05) is 67.1 Å². The van der Waals surface area contributed by atoms with E-state index in [4.69, 9.17) is 9.97 Å². The Labute approximate surface area is 289 Å². The van der Waals surface area contributed by atoms with Gasteiger partial charge in [-0.25, -0.2) is 4.79 Å². The highest BCUT2D eigenvalue weighted by Gasteiger charge is 2.33. The van der Waals surface area contributed by atoms with E-state index in [-0.39, 0.29) is 30.5 Å². The van der Waals surface area contributed by atoms with Crippen molar-refractivity contribution in [3.63, 3.8) is 0 Å². The van der Waals surface area contributed by atoms with Gasteiger partial charge in [-0.2, -0.15) is 0 Å². The van der Waals surface area contributed by atoms with Gasteiger partial charge in [0.1, 0.15) is 0 Å². The third-order valence-corrected chi connectivity index (χ3v) is 9.91. The number of nitrogens with one attached hydrogen (secondary N) is 2. The third-order valence-electron chi connectivity index (χ3n) is 9.91. The smallest absolute Gasteiger partial charge is 0.322 e. The van der Waals surface area contributed by atoms with Crippen LogP contribution < -0.4 is 15.5 Å². The first-order valence-corrected chi connectivity index (χ1v) is 17.3. The summed E-state index contributed by atoms with van der Waals surface area (Å²) in [5.41, 5.74) is 9.31. The molecule has 0 fully saturated rings. The minimum atomic E-state index is -0.151. The maximum absolute atomic E-state index is 13.0. The Bertz CT molecular complexity index is 1820. The van der Waals surface area contributed by atoms with E-state index in [1.807, 2.05) is 86.2 Å². The van der Waals surface area contributed by atoms with Crippen molar-refractivity contribution in [2.24, 2.45) is 0 Å². The Morgan fingerprint density at radius 2 is 1.59 bits per heavy atom. The number of hydrogen-bond donors (Lipinski definition) is 3. The van der Waals surface area contributed by atoms with Crippen LogP contribution in [0.25, 0.3) is 0 Å². The fraction of sp³-hybridized carbons (Fsp3) is 0.317. The van der Waals surface area contributed by atoms with E-state index >= 15 is 0 Å². The predicted molar refractivity (Wildman–Crippen MR) is 194 cm³/mol. The summed E-state index contributed by atoms with van der Waals surface area (Å²) in [5.74, 6) is 0.658. The number of aromatic nitrogens is 3. The zero-order valence-electron chi connectivity index (χ0n) is 28.6. The van der Waals surface area contributed by atoms with Crippen LogP contribution >= 0.6 is 0 Å². The topological polar surface area (TPSA) is 103 Å². The zero-order valence-corrected chi connectivity index (χ0v) is 28.6. The van der Waals surface area contributed by atoms with Gasteiger partial charge in [-0.3, -0.25) is 19.9 Å². The fourth-order valence-corrected chi connectivity index (χ4v) is 7.01. The average Bonchev–Trinajstić information content (AvgIpc) is 3.16. The first-order valence-electron chi connectivity index (χ1n) is 17.3. The van der Waals surface area contributed by atoms with Crippen LogP contribution in [0.15, 0.2) is 110 Å². The number of carbonyl (C=O) groups excluding carboxylic acids is 1. The Balaban J connectivity index is 1.18. The molecule has 3 heterocycles. The van der Waals surface area contributed by atoms with Crippen LogP contribution in [0.2, 0.25) is 0 Å². The Kier molecular flexibility index (Phi) is 11.1. The molecule has 2 aromatic carbocycles. The second kappa shape index (κ2) is 16.0. The molecule has 252 valence electrons. The number of nitrogens with zero attached hydrogens (tertiary/aromatic N) is 4. The zero-order chi connectivity index (χ0) is 34.2. The number of carbonyl (C=O) groups is 1. The van der Waals surface area contributed by atoms with E-state index in [2.05, 4.69) is 59.8 Å². The average molecular weight is 655 g/mol. The van der Waals surface area contributed by atoms with Crippen molar-refractivity contribution in [3.05, 3.63) is 154 Å². The minimum absolute atomic E-state index is 0.0740. The maximum Gasteiger partial charge on any atom is 0.322 e. The van der Waals surface area contributed by atoms with Gasteiger partial charge < -0.3 is 15.7 Å². The van der Waals surface area contributed by atoms with Gasteiger partial charge in [0.15, 0.2) is 0 Å². The largest absolute Gasteiger partial charge is 0.392 e. The molecule has 0 radical (unpaired) electrons. The van der Waals surface area contributed by atoms with Crippen LogP contribution in [0.1, 0.15) is 102 Å². The second-order valence-corrected chi connectivity index (χ2v) is 12.9.